The molecule has 16 heavy (non-hydrogen) atoms. The molecular formula is C13H19NO2. The molecule has 0 saturated heterocycles. The number of rotatable bonds is 6. The lowest BCUT2D eigenvalue weighted by atomic mass is 10.1. The van der Waals surface area contributed by atoms with E-state index in [1.54, 1.807) is 0 Å². The van der Waals surface area contributed by atoms with Crippen LogP contribution in [0.25, 0.3) is 0 Å². The van der Waals surface area contributed by atoms with Crippen molar-refractivity contribution in [1.29, 1.82) is 0 Å². The van der Waals surface area contributed by atoms with Gasteiger partial charge in [0, 0.05) is 18.7 Å². The van der Waals surface area contributed by atoms with Crippen LogP contribution in [-0.4, -0.2) is 17.6 Å². The van der Waals surface area contributed by atoms with Crippen LogP contribution in [0.1, 0.15) is 30.4 Å². The topological polar surface area (TPSA) is 49.3 Å². The van der Waals surface area contributed by atoms with E-state index in [4.69, 9.17) is 5.11 Å². The van der Waals surface area contributed by atoms with Crippen LogP contribution < -0.4 is 5.32 Å². The first kappa shape index (κ1) is 12.6. The lowest BCUT2D eigenvalue weighted by molar-refractivity contribution is -0.137. The van der Waals surface area contributed by atoms with Gasteiger partial charge in [-0.15, -0.1) is 0 Å². The number of carboxylic acids is 1. The summed E-state index contributed by atoms with van der Waals surface area (Å²) in [7, 11) is 0. The van der Waals surface area contributed by atoms with Gasteiger partial charge in [0.2, 0.25) is 0 Å². The minimum Gasteiger partial charge on any atom is -0.481 e. The zero-order chi connectivity index (χ0) is 12.0. The molecule has 0 aliphatic carbocycles. The van der Waals surface area contributed by atoms with E-state index in [0.29, 0.717) is 0 Å². The Kier molecular flexibility index (Phi) is 4.83. The predicted octanol–water partition coefficient (Wildman–Crippen LogP) is 2.97. The van der Waals surface area contributed by atoms with Crippen molar-refractivity contribution in [3.63, 3.8) is 0 Å². The van der Waals surface area contributed by atoms with Gasteiger partial charge in [-0.1, -0.05) is 6.07 Å². The SMILES string of the molecule is Cc1cc(C)cc(NCCCCC(=O)O)c1. The Bertz CT molecular complexity index is 341. The third-order valence-corrected chi connectivity index (χ3v) is 2.37. The standard InChI is InChI=1S/C13H19NO2/c1-10-7-11(2)9-12(8-10)14-6-4-3-5-13(15)16/h7-9,14H,3-6H2,1-2H3,(H,15,16). The molecule has 88 valence electrons. The van der Waals surface area contributed by atoms with Crippen LogP contribution in [0.2, 0.25) is 0 Å². The lowest BCUT2D eigenvalue weighted by Gasteiger charge is -2.08. The molecule has 1 rings (SSSR count). The number of anilines is 1. The number of hydrogen-bond acceptors (Lipinski definition) is 2. The van der Waals surface area contributed by atoms with Crippen molar-refractivity contribution in [2.24, 2.45) is 0 Å². The van der Waals surface area contributed by atoms with Crippen molar-refractivity contribution in [2.45, 2.75) is 33.1 Å². The molecule has 0 unspecified atom stereocenters. The van der Waals surface area contributed by atoms with E-state index in [1.165, 1.54) is 11.1 Å². The van der Waals surface area contributed by atoms with Crippen molar-refractivity contribution in [3.05, 3.63) is 29.3 Å². The van der Waals surface area contributed by atoms with Gasteiger partial charge < -0.3 is 10.4 Å². The highest BCUT2D eigenvalue weighted by molar-refractivity contribution is 5.66. The van der Waals surface area contributed by atoms with E-state index in [9.17, 15) is 4.79 Å². The zero-order valence-electron chi connectivity index (χ0n) is 9.92. The Morgan fingerprint density at radius 3 is 2.38 bits per heavy atom. The van der Waals surface area contributed by atoms with E-state index in [0.717, 1.165) is 25.1 Å². The molecule has 0 aliphatic rings. The van der Waals surface area contributed by atoms with Crippen LogP contribution in [0, 0.1) is 13.8 Å². The summed E-state index contributed by atoms with van der Waals surface area (Å²) in [5.41, 5.74) is 3.61. The Morgan fingerprint density at radius 2 is 1.81 bits per heavy atom. The summed E-state index contributed by atoms with van der Waals surface area (Å²) in [5, 5.41) is 11.8. The summed E-state index contributed by atoms with van der Waals surface area (Å²) in [4.78, 5) is 10.3. The third kappa shape index (κ3) is 4.82. The number of unbranched alkanes of at least 4 members (excludes halogenated alkanes) is 1. The highest BCUT2D eigenvalue weighted by Crippen LogP contribution is 2.13. The van der Waals surface area contributed by atoms with Crippen molar-refractivity contribution < 1.29 is 9.90 Å². The fourth-order valence-electron chi connectivity index (χ4n) is 1.71. The molecule has 0 bridgehead atoms. The van der Waals surface area contributed by atoms with Gasteiger partial charge in [0.25, 0.3) is 0 Å². The molecule has 1 aromatic carbocycles. The molecular weight excluding hydrogens is 202 g/mol. The van der Waals surface area contributed by atoms with E-state index in [2.05, 4.69) is 37.4 Å². The predicted molar refractivity (Wildman–Crippen MR) is 65.9 cm³/mol. The summed E-state index contributed by atoms with van der Waals surface area (Å²) in [5.74, 6) is -0.716. The van der Waals surface area contributed by atoms with E-state index >= 15 is 0 Å². The van der Waals surface area contributed by atoms with Gasteiger partial charge >= 0.3 is 5.97 Å². The summed E-state index contributed by atoms with van der Waals surface area (Å²) >= 11 is 0. The quantitative estimate of drug-likeness (QED) is 0.726. The molecule has 3 heteroatoms. The first-order valence-electron chi connectivity index (χ1n) is 5.62. The summed E-state index contributed by atoms with van der Waals surface area (Å²) in [6.45, 7) is 4.97. The third-order valence-electron chi connectivity index (χ3n) is 2.37. The molecule has 0 aromatic heterocycles. The lowest BCUT2D eigenvalue weighted by Crippen LogP contribution is -2.03. The van der Waals surface area contributed by atoms with Gasteiger partial charge in [0.15, 0.2) is 0 Å². The Labute approximate surface area is 96.5 Å². The maximum atomic E-state index is 10.3. The van der Waals surface area contributed by atoms with E-state index in [-0.39, 0.29) is 6.42 Å². The second-order valence-corrected chi connectivity index (χ2v) is 4.15. The molecule has 0 saturated carbocycles. The van der Waals surface area contributed by atoms with Gasteiger partial charge in [-0.2, -0.15) is 0 Å². The Morgan fingerprint density at radius 1 is 1.19 bits per heavy atom. The van der Waals surface area contributed by atoms with E-state index in [1.807, 2.05) is 0 Å². The van der Waals surface area contributed by atoms with Crippen molar-refractivity contribution in [3.8, 4) is 0 Å². The van der Waals surface area contributed by atoms with Crippen molar-refractivity contribution >= 4 is 11.7 Å². The van der Waals surface area contributed by atoms with Crippen LogP contribution in [0.15, 0.2) is 18.2 Å². The number of hydrogen-bond donors (Lipinski definition) is 2. The fourth-order valence-corrected chi connectivity index (χ4v) is 1.71. The van der Waals surface area contributed by atoms with Gasteiger partial charge in [-0.05, 0) is 49.9 Å². The number of benzene rings is 1. The first-order chi connectivity index (χ1) is 7.58. The fraction of sp³-hybridized carbons (Fsp3) is 0.462. The molecule has 0 radical (unpaired) electrons. The molecule has 3 nitrogen and oxygen atoms in total. The highest BCUT2D eigenvalue weighted by Gasteiger charge is 1.97. The number of aryl methyl sites for hydroxylation is 2. The molecule has 0 heterocycles. The number of carbonyl (C=O) groups is 1. The smallest absolute Gasteiger partial charge is 0.303 e. The van der Waals surface area contributed by atoms with Gasteiger partial charge in [-0.25, -0.2) is 0 Å². The van der Waals surface area contributed by atoms with Gasteiger partial charge in [0.05, 0.1) is 0 Å². The van der Waals surface area contributed by atoms with Gasteiger partial charge in [0.1, 0.15) is 0 Å². The molecule has 0 aliphatic heterocycles. The second kappa shape index (κ2) is 6.16. The normalized spacial score (nSPS) is 10.1. The van der Waals surface area contributed by atoms with Crippen molar-refractivity contribution in [2.75, 3.05) is 11.9 Å². The molecule has 1 aromatic rings. The molecule has 0 spiro atoms. The van der Waals surface area contributed by atoms with Crippen LogP contribution in [-0.2, 0) is 4.79 Å². The molecule has 0 atom stereocenters. The summed E-state index contributed by atoms with van der Waals surface area (Å²) in [6, 6.07) is 6.34. The maximum Gasteiger partial charge on any atom is 0.303 e. The van der Waals surface area contributed by atoms with Crippen LogP contribution >= 0.6 is 0 Å². The minimum absolute atomic E-state index is 0.258. The van der Waals surface area contributed by atoms with Crippen LogP contribution in [0.4, 0.5) is 5.69 Å². The average molecular weight is 221 g/mol. The molecule has 2 N–H and O–H groups in total. The Balaban J connectivity index is 2.29. The maximum absolute atomic E-state index is 10.3. The minimum atomic E-state index is -0.716. The number of nitrogens with one attached hydrogen (secondary N) is 1. The van der Waals surface area contributed by atoms with Gasteiger partial charge in [-0.3, -0.25) is 4.79 Å². The molecule has 0 fully saturated rings. The summed E-state index contributed by atoms with van der Waals surface area (Å²) in [6.07, 6.45) is 1.88. The second-order valence-electron chi connectivity index (χ2n) is 4.15. The van der Waals surface area contributed by atoms with Crippen LogP contribution in [0.3, 0.4) is 0 Å². The van der Waals surface area contributed by atoms with E-state index < -0.39 is 5.97 Å². The summed E-state index contributed by atoms with van der Waals surface area (Å²) < 4.78 is 0. The monoisotopic (exact) mass is 221 g/mol. The zero-order valence-corrected chi connectivity index (χ0v) is 9.92. The highest BCUT2D eigenvalue weighted by atomic mass is 16.4. The largest absolute Gasteiger partial charge is 0.481 e. The number of carboxylic acid groups (broad SMARTS) is 1. The molecule has 0 amide bonds. The number of aliphatic carboxylic acids is 1. The Hall–Kier alpha value is -1.51. The van der Waals surface area contributed by atoms with Crippen molar-refractivity contribution in [1.82, 2.24) is 0 Å². The van der Waals surface area contributed by atoms with Crippen LogP contribution in [0.5, 0.6) is 0 Å². The average Bonchev–Trinajstić information content (AvgIpc) is 2.15. The first-order valence-corrected chi connectivity index (χ1v) is 5.62.